The number of aromatic nitrogens is 4. The fourth-order valence-electron chi connectivity index (χ4n) is 3.33. The summed E-state index contributed by atoms with van der Waals surface area (Å²) in [6, 6.07) is 9.79. The summed E-state index contributed by atoms with van der Waals surface area (Å²) < 4.78 is 72.4. The van der Waals surface area contributed by atoms with E-state index < -0.39 is 43.5 Å². The summed E-state index contributed by atoms with van der Waals surface area (Å²) >= 11 is 0. The highest BCUT2D eigenvalue weighted by molar-refractivity contribution is 7.92. The molecule has 0 atom stereocenters. The van der Waals surface area contributed by atoms with Gasteiger partial charge < -0.3 is 5.73 Å². The second-order valence-electron chi connectivity index (χ2n) is 8.67. The predicted molar refractivity (Wildman–Crippen MR) is 125 cm³/mol. The Morgan fingerprint density at radius 1 is 1.00 bits per heavy atom. The van der Waals surface area contributed by atoms with Gasteiger partial charge in [0.1, 0.15) is 17.3 Å². The number of rotatable bonds is 5. The first kappa shape index (κ1) is 24.2. The van der Waals surface area contributed by atoms with E-state index in [1.807, 2.05) is 25.5 Å². The van der Waals surface area contributed by atoms with Crippen LogP contribution in [0.4, 0.5) is 24.8 Å². The minimum absolute atomic E-state index is 0.00135. The molecule has 8 nitrogen and oxygen atoms in total. The fraction of sp³-hybridized carbons (Fsp3) is 0.174. The topological polar surface area (TPSA) is 116 Å². The molecule has 3 N–H and O–H groups in total. The van der Waals surface area contributed by atoms with E-state index in [2.05, 4.69) is 15.1 Å². The molecule has 0 saturated carbocycles. The summed E-state index contributed by atoms with van der Waals surface area (Å²) in [5.41, 5.74) is 5.99. The molecule has 0 radical (unpaired) electrons. The SMILES string of the molecule is CC(C)(C)c1cc(-c2ccnc(N)n2)n(-c2cccc(NS(=O)(=O)c3c(F)cccc3F)c2F)n1. The van der Waals surface area contributed by atoms with Crippen LogP contribution in [0.3, 0.4) is 0 Å². The zero-order chi connectivity index (χ0) is 25.5. The quantitative estimate of drug-likeness (QED) is 0.417. The molecule has 12 heteroatoms. The number of halogens is 3. The van der Waals surface area contributed by atoms with Gasteiger partial charge in [-0.25, -0.2) is 36.2 Å². The Morgan fingerprint density at radius 3 is 2.29 bits per heavy atom. The minimum atomic E-state index is -4.79. The van der Waals surface area contributed by atoms with Crippen LogP contribution in [0.5, 0.6) is 0 Å². The Kier molecular flexibility index (Phi) is 6.01. The highest BCUT2D eigenvalue weighted by Crippen LogP contribution is 2.32. The Hall–Kier alpha value is -3.93. The third-order valence-electron chi connectivity index (χ3n) is 5.05. The average molecular weight is 503 g/mol. The van der Waals surface area contributed by atoms with Gasteiger partial charge in [0.2, 0.25) is 5.95 Å². The number of hydrogen-bond acceptors (Lipinski definition) is 6. The Morgan fingerprint density at radius 2 is 1.66 bits per heavy atom. The van der Waals surface area contributed by atoms with Gasteiger partial charge in [-0.2, -0.15) is 5.10 Å². The molecule has 4 aromatic rings. The van der Waals surface area contributed by atoms with Gasteiger partial charge in [-0.05, 0) is 36.4 Å². The second kappa shape index (κ2) is 8.69. The summed E-state index contributed by atoms with van der Waals surface area (Å²) in [6.07, 6.45) is 1.44. The smallest absolute Gasteiger partial charge is 0.267 e. The number of benzene rings is 2. The van der Waals surface area contributed by atoms with Crippen LogP contribution in [0.15, 0.2) is 59.6 Å². The van der Waals surface area contributed by atoms with Crippen LogP contribution < -0.4 is 10.5 Å². The van der Waals surface area contributed by atoms with Crippen molar-refractivity contribution in [2.45, 2.75) is 31.1 Å². The maximum Gasteiger partial charge on any atom is 0.267 e. The molecule has 0 saturated heterocycles. The first-order valence-corrected chi connectivity index (χ1v) is 11.8. The largest absolute Gasteiger partial charge is 0.368 e. The van der Waals surface area contributed by atoms with Crippen molar-refractivity contribution in [1.82, 2.24) is 19.7 Å². The van der Waals surface area contributed by atoms with Crippen molar-refractivity contribution in [1.29, 1.82) is 0 Å². The number of nitrogens with two attached hydrogens (primary N) is 1. The number of hydrogen-bond donors (Lipinski definition) is 2. The molecule has 0 spiro atoms. The standard InChI is InChI=1S/C23H21F3N6O2S/c1-23(2,3)19-12-18(15-10-11-28-22(27)29-15)32(30-19)17-9-5-8-16(20(17)26)31-35(33,34)21-13(24)6-4-7-14(21)25/h4-12,31H,1-3H3,(H2,27,28,29). The van der Waals surface area contributed by atoms with Gasteiger partial charge in [0.05, 0.1) is 22.8 Å². The van der Waals surface area contributed by atoms with Gasteiger partial charge in [-0.1, -0.05) is 32.9 Å². The maximum absolute atomic E-state index is 15.7. The number of anilines is 2. The molecular weight excluding hydrogens is 481 g/mol. The van der Waals surface area contributed by atoms with Crippen molar-refractivity contribution in [3.8, 4) is 17.1 Å². The highest BCUT2D eigenvalue weighted by Gasteiger charge is 2.27. The van der Waals surface area contributed by atoms with E-state index in [0.717, 1.165) is 24.3 Å². The van der Waals surface area contributed by atoms with Crippen molar-refractivity contribution in [3.63, 3.8) is 0 Å². The third-order valence-corrected chi connectivity index (χ3v) is 6.47. The molecule has 4 rings (SSSR count). The first-order valence-electron chi connectivity index (χ1n) is 10.3. The van der Waals surface area contributed by atoms with Gasteiger partial charge in [-0.3, -0.25) is 4.72 Å². The van der Waals surface area contributed by atoms with Crippen LogP contribution in [-0.2, 0) is 15.4 Å². The molecule has 2 aromatic carbocycles. The van der Waals surface area contributed by atoms with E-state index in [1.54, 1.807) is 12.1 Å². The monoisotopic (exact) mass is 502 g/mol. The lowest BCUT2D eigenvalue weighted by Crippen LogP contribution is -2.18. The molecule has 182 valence electrons. The Bertz CT molecular complexity index is 1510. The van der Waals surface area contributed by atoms with E-state index in [0.29, 0.717) is 17.1 Å². The highest BCUT2D eigenvalue weighted by atomic mass is 32.2. The van der Waals surface area contributed by atoms with Gasteiger partial charge in [-0.15, -0.1) is 0 Å². The predicted octanol–water partition coefficient (Wildman–Crippen LogP) is 4.43. The molecule has 0 aliphatic carbocycles. The molecular formula is C23H21F3N6O2S. The molecule has 2 heterocycles. The zero-order valence-corrected chi connectivity index (χ0v) is 19.7. The number of nitrogen functional groups attached to an aromatic ring is 1. The summed E-state index contributed by atoms with van der Waals surface area (Å²) in [5.74, 6) is -3.62. The Labute approximate surface area is 199 Å². The van der Waals surface area contributed by atoms with Crippen molar-refractivity contribution in [3.05, 3.63) is 77.9 Å². The fourth-order valence-corrected chi connectivity index (χ4v) is 4.53. The van der Waals surface area contributed by atoms with Crippen LogP contribution in [0.25, 0.3) is 17.1 Å². The lowest BCUT2D eigenvalue weighted by atomic mass is 9.92. The van der Waals surface area contributed by atoms with Crippen molar-refractivity contribution in [2.75, 3.05) is 10.5 Å². The summed E-state index contributed by atoms with van der Waals surface area (Å²) in [7, 11) is -4.79. The summed E-state index contributed by atoms with van der Waals surface area (Å²) in [5, 5.41) is 4.52. The van der Waals surface area contributed by atoms with Crippen molar-refractivity contribution < 1.29 is 21.6 Å². The zero-order valence-electron chi connectivity index (χ0n) is 18.9. The number of sulfonamides is 1. The molecule has 35 heavy (non-hydrogen) atoms. The first-order chi connectivity index (χ1) is 16.4. The maximum atomic E-state index is 15.7. The van der Waals surface area contributed by atoms with Crippen LogP contribution >= 0.6 is 0 Å². The normalized spacial score (nSPS) is 12.1. The van der Waals surface area contributed by atoms with Crippen LogP contribution in [-0.4, -0.2) is 28.2 Å². The molecule has 0 aliphatic heterocycles. The second-order valence-corrected chi connectivity index (χ2v) is 10.3. The summed E-state index contributed by atoms with van der Waals surface area (Å²) in [6.45, 7) is 5.75. The number of nitrogens with one attached hydrogen (secondary N) is 1. The van der Waals surface area contributed by atoms with E-state index in [9.17, 15) is 17.2 Å². The third kappa shape index (κ3) is 4.69. The lowest BCUT2D eigenvalue weighted by molar-refractivity contribution is 0.521. The minimum Gasteiger partial charge on any atom is -0.368 e. The van der Waals surface area contributed by atoms with Gasteiger partial charge in [0.25, 0.3) is 10.0 Å². The summed E-state index contributed by atoms with van der Waals surface area (Å²) in [4.78, 5) is 6.84. The van der Waals surface area contributed by atoms with E-state index in [1.165, 1.54) is 23.0 Å². The van der Waals surface area contributed by atoms with Gasteiger partial charge in [0, 0.05) is 11.6 Å². The molecule has 0 fully saturated rings. The molecule has 0 amide bonds. The average Bonchev–Trinajstić information content (AvgIpc) is 3.21. The molecule has 0 bridgehead atoms. The van der Waals surface area contributed by atoms with Crippen LogP contribution in [0.2, 0.25) is 0 Å². The lowest BCUT2D eigenvalue weighted by Gasteiger charge is -2.15. The molecule has 0 unspecified atom stereocenters. The van der Waals surface area contributed by atoms with Crippen molar-refractivity contribution in [2.24, 2.45) is 0 Å². The van der Waals surface area contributed by atoms with Gasteiger partial charge >= 0.3 is 0 Å². The molecule has 0 aliphatic rings. The van der Waals surface area contributed by atoms with Crippen LogP contribution in [0, 0.1) is 17.5 Å². The van der Waals surface area contributed by atoms with Crippen LogP contribution in [0.1, 0.15) is 26.5 Å². The Balaban J connectivity index is 1.85. The number of nitrogens with zero attached hydrogens (tertiary/aromatic N) is 4. The van der Waals surface area contributed by atoms with Gasteiger partial charge in [0.15, 0.2) is 10.7 Å². The van der Waals surface area contributed by atoms with Crippen molar-refractivity contribution >= 4 is 21.7 Å². The van der Waals surface area contributed by atoms with E-state index in [-0.39, 0.29) is 11.6 Å². The van der Waals surface area contributed by atoms with E-state index in [4.69, 9.17) is 5.73 Å². The molecule has 2 aromatic heterocycles. The van der Waals surface area contributed by atoms with E-state index >= 15 is 4.39 Å².